The molecule has 0 bridgehead atoms. The van der Waals surface area contributed by atoms with Crippen molar-refractivity contribution in [2.24, 2.45) is 0 Å². The molecule has 0 atom stereocenters. The molecule has 0 aliphatic carbocycles. The Labute approximate surface area is 61.5 Å². The van der Waals surface area contributed by atoms with E-state index in [1.165, 1.54) is 0 Å². The Hall–Kier alpha value is -0.890. The third-order valence-corrected chi connectivity index (χ3v) is 1.15. The number of nitrogens with zero attached hydrogens (tertiary/aromatic N) is 2. The van der Waals surface area contributed by atoms with Gasteiger partial charge in [0.25, 0.3) is 0 Å². The van der Waals surface area contributed by atoms with Gasteiger partial charge in [0, 0.05) is 6.54 Å². The Bertz CT molecular complexity index is 182. The summed E-state index contributed by atoms with van der Waals surface area (Å²) < 4.78 is 0. The monoisotopic (exact) mass is 135 g/mol. The maximum atomic E-state index is 4.05. The van der Waals surface area contributed by atoms with Crippen molar-refractivity contribution in [1.82, 2.24) is 9.88 Å². The van der Waals surface area contributed by atoms with Crippen molar-refractivity contribution in [3.05, 3.63) is 30.1 Å². The molecule has 0 spiro atoms. The molecule has 0 unspecified atom stereocenters. The second-order valence-electron chi connectivity index (χ2n) is 2.50. The summed E-state index contributed by atoms with van der Waals surface area (Å²) in [6.07, 6.45) is 2.79. The number of aromatic nitrogens is 1. The summed E-state index contributed by atoms with van der Waals surface area (Å²) in [4.78, 5) is 6.13. The van der Waals surface area contributed by atoms with E-state index < -0.39 is 0 Å². The van der Waals surface area contributed by atoms with Crippen molar-refractivity contribution in [1.29, 1.82) is 0 Å². The fourth-order valence-electron chi connectivity index (χ4n) is 0.772. The summed E-state index contributed by atoms with van der Waals surface area (Å²) in [5, 5.41) is 0. The first-order valence-corrected chi connectivity index (χ1v) is 3.26. The standard InChI is InChI=1S/C8H11N2/c1-10(2)7-8-5-3-4-6-9-8/h3-5H,7H2,1-2H3. The van der Waals surface area contributed by atoms with Gasteiger partial charge in [-0.05, 0) is 26.2 Å². The molecule has 1 radical (unpaired) electrons. The van der Waals surface area contributed by atoms with Crippen LogP contribution in [0.2, 0.25) is 0 Å². The second kappa shape index (κ2) is 3.32. The molecule has 1 heterocycles. The lowest BCUT2D eigenvalue weighted by Crippen LogP contribution is -2.11. The highest BCUT2D eigenvalue weighted by molar-refractivity contribution is 5.01. The van der Waals surface area contributed by atoms with E-state index in [1.54, 1.807) is 6.07 Å². The molecular weight excluding hydrogens is 124 g/mol. The molecule has 1 aromatic heterocycles. The zero-order valence-corrected chi connectivity index (χ0v) is 6.33. The normalized spacial score (nSPS) is 10.3. The Morgan fingerprint density at radius 1 is 1.60 bits per heavy atom. The van der Waals surface area contributed by atoms with Gasteiger partial charge in [-0.2, -0.15) is 0 Å². The molecule has 2 nitrogen and oxygen atoms in total. The van der Waals surface area contributed by atoms with Crippen LogP contribution in [-0.2, 0) is 6.54 Å². The van der Waals surface area contributed by atoms with Gasteiger partial charge < -0.3 is 4.90 Å². The van der Waals surface area contributed by atoms with Crippen LogP contribution < -0.4 is 0 Å². The molecular formula is C8H11N2. The zero-order valence-electron chi connectivity index (χ0n) is 6.33. The average molecular weight is 135 g/mol. The predicted molar refractivity (Wildman–Crippen MR) is 40.5 cm³/mol. The average Bonchev–Trinajstić information content (AvgIpc) is 1.88. The van der Waals surface area contributed by atoms with Crippen LogP contribution in [0.25, 0.3) is 0 Å². The fourth-order valence-corrected chi connectivity index (χ4v) is 0.772. The lowest BCUT2D eigenvalue weighted by Gasteiger charge is -2.06. The third kappa shape index (κ3) is 2.15. The van der Waals surface area contributed by atoms with E-state index in [0.29, 0.717) is 0 Å². The summed E-state index contributed by atoms with van der Waals surface area (Å²) in [6.45, 7) is 0.886. The van der Waals surface area contributed by atoms with Gasteiger partial charge >= 0.3 is 0 Å². The molecule has 53 valence electrons. The van der Waals surface area contributed by atoms with E-state index in [9.17, 15) is 0 Å². The summed E-state index contributed by atoms with van der Waals surface area (Å²) >= 11 is 0. The van der Waals surface area contributed by atoms with Gasteiger partial charge in [0.2, 0.25) is 0 Å². The highest BCUT2D eigenvalue weighted by atomic mass is 15.1. The molecule has 0 amide bonds. The van der Waals surface area contributed by atoms with Crippen LogP contribution in [-0.4, -0.2) is 24.0 Å². The number of pyridine rings is 1. The Morgan fingerprint density at radius 3 is 2.90 bits per heavy atom. The number of hydrogen-bond acceptors (Lipinski definition) is 2. The Kier molecular flexibility index (Phi) is 2.40. The van der Waals surface area contributed by atoms with Crippen molar-refractivity contribution in [3.63, 3.8) is 0 Å². The van der Waals surface area contributed by atoms with E-state index in [0.717, 1.165) is 12.2 Å². The lowest BCUT2D eigenvalue weighted by atomic mass is 10.3. The molecule has 0 saturated heterocycles. The van der Waals surface area contributed by atoms with E-state index >= 15 is 0 Å². The third-order valence-electron chi connectivity index (χ3n) is 1.15. The molecule has 10 heavy (non-hydrogen) atoms. The molecule has 0 aliphatic rings. The van der Waals surface area contributed by atoms with Crippen LogP contribution >= 0.6 is 0 Å². The van der Waals surface area contributed by atoms with E-state index in [1.807, 2.05) is 26.2 Å². The van der Waals surface area contributed by atoms with Gasteiger partial charge in [-0.25, -0.2) is 4.98 Å². The van der Waals surface area contributed by atoms with E-state index in [-0.39, 0.29) is 0 Å². The van der Waals surface area contributed by atoms with Gasteiger partial charge in [-0.1, -0.05) is 6.07 Å². The number of hydrogen-bond donors (Lipinski definition) is 0. The molecule has 1 rings (SSSR count). The van der Waals surface area contributed by atoms with Gasteiger partial charge in [-0.3, -0.25) is 0 Å². The van der Waals surface area contributed by atoms with Crippen LogP contribution in [0.3, 0.4) is 0 Å². The van der Waals surface area contributed by atoms with E-state index in [2.05, 4.69) is 16.1 Å². The molecule has 0 fully saturated rings. The van der Waals surface area contributed by atoms with Crippen LogP contribution in [0.1, 0.15) is 5.69 Å². The van der Waals surface area contributed by atoms with Crippen molar-refractivity contribution in [2.45, 2.75) is 6.54 Å². The van der Waals surface area contributed by atoms with Crippen LogP contribution in [0.15, 0.2) is 18.2 Å². The summed E-state index contributed by atoms with van der Waals surface area (Å²) in [5.74, 6) is 0. The maximum Gasteiger partial charge on any atom is 0.0890 e. The Morgan fingerprint density at radius 2 is 2.40 bits per heavy atom. The molecule has 1 aromatic rings. The second-order valence-corrected chi connectivity index (χ2v) is 2.50. The predicted octanol–water partition coefficient (Wildman–Crippen LogP) is 0.943. The van der Waals surface area contributed by atoms with Gasteiger partial charge in [0.1, 0.15) is 0 Å². The molecule has 0 aromatic carbocycles. The molecule has 0 saturated carbocycles. The first-order valence-electron chi connectivity index (χ1n) is 3.26. The summed E-state index contributed by atoms with van der Waals surface area (Å²) in [7, 11) is 4.04. The van der Waals surface area contributed by atoms with Crippen LogP contribution in [0.4, 0.5) is 0 Å². The fraction of sp³-hybridized carbons (Fsp3) is 0.375. The first-order chi connectivity index (χ1) is 4.79. The summed E-state index contributed by atoms with van der Waals surface area (Å²) in [5.41, 5.74) is 1.06. The Balaban J connectivity index is 2.59. The summed E-state index contributed by atoms with van der Waals surface area (Å²) in [6, 6.07) is 5.75. The van der Waals surface area contributed by atoms with Crippen molar-refractivity contribution < 1.29 is 0 Å². The minimum atomic E-state index is 0.886. The van der Waals surface area contributed by atoms with Crippen molar-refractivity contribution in [2.75, 3.05) is 14.1 Å². The minimum absolute atomic E-state index is 0.886. The number of rotatable bonds is 2. The van der Waals surface area contributed by atoms with Crippen LogP contribution in [0, 0.1) is 6.20 Å². The van der Waals surface area contributed by atoms with Gasteiger partial charge in [-0.15, -0.1) is 0 Å². The molecule has 2 heteroatoms. The van der Waals surface area contributed by atoms with Crippen LogP contribution in [0.5, 0.6) is 0 Å². The van der Waals surface area contributed by atoms with Gasteiger partial charge in [0.05, 0.1) is 11.9 Å². The van der Waals surface area contributed by atoms with Crippen molar-refractivity contribution >= 4 is 0 Å². The minimum Gasteiger partial charge on any atom is -0.304 e. The lowest BCUT2D eigenvalue weighted by molar-refractivity contribution is 0.397. The highest BCUT2D eigenvalue weighted by Gasteiger charge is 1.92. The molecule has 0 aliphatic heterocycles. The molecule has 0 N–H and O–H groups in total. The smallest absolute Gasteiger partial charge is 0.0890 e. The zero-order chi connectivity index (χ0) is 7.40. The maximum absolute atomic E-state index is 4.05. The van der Waals surface area contributed by atoms with Crippen molar-refractivity contribution in [3.8, 4) is 0 Å². The SMILES string of the molecule is CN(C)Cc1ccc[c]n1. The van der Waals surface area contributed by atoms with E-state index in [4.69, 9.17) is 0 Å². The quantitative estimate of drug-likeness (QED) is 0.600. The largest absolute Gasteiger partial charge is 0.304 e. The highest BCUT2D eigenvalue weighted by Crippen LogP contribution is 1.94. The first kappa shape index (κ1) is 7.22. The van der Waals surface area contributed by atoms with Gasteiger partial charge in [0.15, 0.2) is 0 Å². The topological polar surface area (TPSA) is 16.1 Å².